The van der Waals surface area contributed by atoms with Crippen molar-refractivity contribution in [2.45, 2.75) is 31.5 Å². The molecule has 0 bridgehead atoms. The number of benzene rings is 2. The highest BCUT2D eigenvalue weighted by Crippen LogP contribution is 2.27. The van der Waals surface area contributed by atoms with Crippen molar-refractivity contribution in [3.05, 3.63) is 70.4 Å². The minimum absolute atomic E-state index is 0.360. The van der Waals surface area contributed by atoms with Crippen molar-refractivity contribution in [1.82, 2.24) is 10.6 Å². The first kappa shape index (κ1) is 15.9. The van der Waals surface area contributed by atoms with E-state index in [1.54, 1.807) is 6.26 Å². The Labute approximate surface area is 150 Å². The normalized spacial score (nSPS) is 21.2. The summed E-state index contributed by atoms with van der Waals surface area (Å²) in [7, 11) is 0. The van der Waals surface area contributed by atoms with Crippen LogP contribution in [0, 0.1) is 0 Å². The van der Waals surface area contributed by atoms with E-state index in [1.165, 1.54) is 24.0 Å². The molecule has 1 fully saturated rings. The molecule has 0 amide bonds. The van der Waals surface area contributed by atoms with Crippen molar-refractivity contribution in [2.75, 3.05) is 6.54 Å². The van der Waals surface area contributed by atoms with E-state index in [0.717, 1.165) is 28.5 Å². The van der Waals surface area contributed by atoms with E-state index in [-0.39, 0.29) is 0 Å². The number of piperidine rings is 1. The summed E-state index contributed by atoms with van der Waals surface area (Å²) in [6.07, 6.45) is 4.15. The molecule has 0 saturated carbocycles. The Balaban J connectivity index is 1.54. The van der Waals surface area contributed by atoms with E-state index in [4.69, 9.17) is 4.42 Å². The molecule has 2 atom stereocenters. The summed E-state index contributed by atoms with van der Waals surface area (Å²) in [5.41, 5.74) is 3.53. The highest BCUT2D eigenvalue weighted by atomic mass is 79.9. The molecular formula is C20H21BrN2O. The Morgan fingerprint density at radius 1 is 1.17 bits per heavy atom. The first-order valence-electron chi connectivity index (χ1n) is 8.48. The van der Waals surface area contributed by atoms with Crippen molar-refractivity contribution in [1.29, 1.82) is 0 Å². The first-order valence-corrected chi connectivity index (χ1v) is 9.28. The van der Waals surface area contributed by atoms with Crippen LogP contribution in [0.15, 0.2) is 63.7 Å². The summed E-state index contributed by atoms with van der Waals surface area (Å²) in [6, 6.07) is 17.8. The maximum atomic E-state index is 5.68. The van der Waals surface area contributed by atoms with Gasteiger partial charge in [-0.25, -0.2) is 0 Å². The molecule has 2 unspecified atom stereocenters. The molecule has 4 rings (SSSR count). The predicted octanol–water partition coefficient (Wildman–Crippen LogP) is 4.78. The average Bonchev–Trinajstić information content (AvgIpc) is 3.09. The van der Waals surface area contributed by atoms with E-state index < -0.39 is 0 Å². The maximum absolute atomic E-state index is 5.68. The van der Waals surface area contributed by atoms with Gasteiger partial charge in [-0.1, -0.05) is 46.3 Å². The third-order valence-corrected chi connectivity index (χ3v) is 5.22. The Morgan fingerprint density at radius 2 is 2.04 bits per heavy atom. The molecule has 2 heterocycles. The van der Waals surface area contributed by atoms with Crippen LogP contribution in [0.4, 0.5) is 0 Å². The maximum Gasteiger partial charge on any atom is 0.138 e. The third kappa shape index (κ3) is 3.27. The van der Waals surface area contributed by atoms with Crippen molar-refractivity contribution >= 4 is 26.9 Å². The van der Waals surface area contributed by atoms with Crippen molar-refractivity contribution in [3.63, 3.8) is 0 Å². The van der Waals surface area contributed by atoms with Gasteiger partial charge in [0, 0.05) is 34.1 Å². The van der Waals surface area contributed by atoms with Gasteiger partial charge in [0.15, 0.2) is 0 Å². The highest BCUT2D eigenvalue weighted by molar-refractivity contribution is 9.10. The van der Waals surface area contributed by atoms with Crippen LogP contribution in [0.2, 0.25) is 0 Å². The van der Waals surface area contributed by atoms with Gasteiger partial charge >= 0.3 is 0 Å². The lowest BCUT2D eigenvalue weighted by molar-refractivity contribution is 0.304. The molecule has 2 aromatic carbocycles. The molecule has 0 radical (unpaired) electrons. The number of fused-ring (bicyclic) bond motifs is 1. The van der Waals surface area contributed by atoms with Crippen molar-refractivity contribution < 1.29 is 4.42 Å². The van der Waals surface area contributed by atoms with Gasteiger partial charge < -0.3 is 15.1 Å². The molecule has 124 valence electrons. The summed E-state index contributed by atoms with van der Waals surface area (Å²) in [4.78, 5) is 0. The fourth-order valence-corrected chi connectivity index (χ4v) is 4.13. The number of hydrogen-bond donors (Lipinski definition) is 2. The Morgan fingerprint density at radius 3 is 2.92 bits per heavy atom. The summed E-state index contributed by atoms with van der Waals surface area (Å²) >= 11 is 3.60. The second-order valence-corrected chi connectivity index (χ2v) is 7.29. The van der Waals surface area contributed by atoms with Gasteiger partial charge in [0.25, 0.3) is 0 Å². The molecule has 3 nitrogen and oxygen atoms in total. The van der Waals surface area contributed by atoms with E-state index in [1.807, 2.05) is 6.07 Å². The molecule has 1 aromatic heterocycles. The van der Waals surface area contributed by atoms with Gasteiger partial charge in [0.05, 0.1) is 6.26 Å². The zero-order valence-corrected chi connectivity index (χ0v) is 15.1. The van der Waals surface area contributed by atoms with Crippen LogP contribution in [0.1, 0.15) is 30.0 Å². The number of nitrogens with one attached hydrogen (secondary N) is 2. The number of hydrogen-bond acceptors (Lipinski definition) is 3. The summed E-state index contributed by atoms with van der Waals surface area (Å²) < 4.78 is 6.77. The van der Waals surface area contributed by atoms with Gasteiger partial charge in [-0.15, -0.1) is 0 Å². The van der Waals surface area contributed by atoms with Gasteiger partial charge in [-0.2, -0.15) is 0 Å². The van der Waals surface area contributed by atoms with Crippen LogP contribution in [0.25, 0.3) is 11.0 Å². The fraction of sp³-hybridized carbons (Fsp3) is 0.300. The van der Waals surface area contributed by atoms with Crippen LogP contribution in [0.5, 0.6) is 0 Å². The lowest BCUT2D eigenvalue weighted by Gasteiger charge is -2.34. The van der Waals surface area contributed by atoms with Crippen LogP contribution >= 0.6 is 15.9 Å². The Hall–Kier alpha value is -1.62. The molecule has 1 aliphatic rings. The van der Waals surface area contributed by atoms with Crippen molar-refractivity contribution in [2.24, 2.45) is 0 Å². The van der Waals surface area contributed by atoms with Crippen molar-refractivity contribution in [3.8, 4) is 0 Å². The van der Waals surface area contributed by atoms with Gasteiger partial charge in [0.1, 0.15) is 5.58 Å². The lowest BCUT2D eigenvalue weighted by Crippen LogP contribution is -2.45. The monoisotopic (exact) mass is 384 g/mol. The van der Waals surface area contributed by atoms with Crippen LogP contribution in [-0.4, -0.2) is 12.6 Å². The predicted molar refractivity (Wildman–Crippen MR) is 101 cm³/mol. The van der Waals surface area contributed by atoms with E-state index in [9.17, 15) is 0 Å². The topological polar surface area (TPSA) is 37.2 Å². The molecule has 1 aliphatic heterocycles. The summed E-state index contributed by atoms with van der Waals surface area (Å²) in [5, 5.41) is 8.56. The molecule has 24 heavy (non-hydrogen) atoms. The number of halogens is 1. The molecular weight excluding hydrogens is 364 g/mol. The fourth-order valence-electron chi connectivity index (χ4n) is 3.61. The second-order valence-electron chi connectivity index (χ2n) is 6.38. The minimum Gasteiger partial charge on any atom is -0.464 e. The van der Waals surface area contributed by atoms with Crippen LogP contribution < -0.4 is 10.6 Å². The third-order valence-electron chi connectivity index (χ3n) is 4.76. The van der Waals surface area contributed by atoms with E-state index in [0.29, 0.717) is 12.1 Å². The molecule has 3 aromatic rings. The van der Waals surface area contributed by atoms with Gasteiger partial charge in [-0.05, 0) is 43.1 Å². The smallest absolute Gasteiger partial charge is 0.138 e. The molecule has 0 aliphatic carbocycles. The molecule has 1 saturated heterocycles. The second kappa shape index (κ2) is 7.09. The number of furan rings is 1. The average molecular weight is 385 g/mol. The van der Waals surface area contributed by atoms with Crippen LogP contribution in [-0.2, 0) is 6.54 Å². The molecule has 4 heteroatoms. The SMILES string of the molecule is Brc1cc(CNC2CCCNC2c2ccccc2)c2occc2c1. The van der Waals surface area contributed by atoms with E-state index in [2.05, 4.69) is 69.0 Å². The zero-order chi connectivity index (χ0) is 16.4. The van der Waals surface area contributed by atoms with E-state index >= 15 is 0 Å². The Bertz CT molecular complexity index is 815. The molecule has 0 spiro atoms. The lowest BCUT2D eigenvalue weighted by atomic mass is 9.92. The summed E-state index contributed by atoms with van der Waals surface area (Å²) in [6.45, 7) is 1.89. The Kier molecular flexibility index (Phi) is 4.69. The highest BCUT2D eigenvalue weighted by Gasteiger charge is 2.25. The molecule has 2 N–H and O–H groups in total. The minimum atomic E-state index is 0.360. The zero-order valence-electron chi connectivity index (χ0n) is 13.5. The largest absolute Gasteiger partial charge is 0.464 e. The summed E-state index contributed by atoms with van der Waals surface area (Å²) in [5.74, 6) is 0. The van der Waals surface area contributed by atoms with Crippen LogP contribution in [0.3, 0.4) is 0 Å². The number of rotatable bonds is 4. The first-order chi connectivity index (χ1) is 11.8. The van der Waals surface area contributed by atoms with Gasteiger partial charge in [0.2, 0.25) is 0 Å². The quantitative estimate of drug-likeness (QED) is 0.679. The van der Waals surface area contributed by atoms with Gasteiger partial charge in [-0.3, -0.25) is 0 Å². The standard InChI is InChI=1S/C20H21BrN2O/c21-17-11-15-8-10-24-20(15)16(12-17)13-23-18-7-4-9-22-19(18)14-5-2-1-3-6-14/h1-3,5-6,8,10-12,18-19,22-23H,4,7,9,13H2.